The molecule has 2 saturated heterocycles. The number of urea groups is 1. The van der Waals surface area contributed by atoms with Crippen LogP contribution >= 0.6 is 0 Å². The van der Waals surface area contributed by atoms with Gasteiger partial charge in [0.2, 0.25) is 5.91 Å². The van der Waals surface area contributed by atoms with Crippen LogP contribution in [0.2, 0.25) is 0 Å². The lowest BCUT2D eigenvalue weighted by Crippen LogP contribution is -2.58. The molecule has 0 radical (unpaired) electrons. The van der Waals surface area contributed by atoms with Gasteiger partial charge in [-0.3, -0.25) is 9.59 Å². The number of anilines is 2. The minimum atomic E-state index is -0.759. The molecule has 4 amide bonds. The van der Waals surface area contributed by atoms with Gasteiger partial charge in [0.05, 0.1) is 6.67 Å². The number of amides is 4. The third kappa shape index (κ3) is 5.49. The average Bonchev–Trinajstić information content (AvgIpc) is 3.20. The molecule has 202 valence electrons. The molecular formula is C30H39N5O3. The highest BCUT2D eigenvalue weighted by molar-refractivity contribution is 5.97. The number of hydrogen-bond donors (Lipinski definition) is 2. The van der Waals surface area contributed by atoms with E-state index in [9.17, 15) is 14.4 Å². The van der Waals surface area contributed by atoms with Gasteiger partial charge in [-0.25, -0.2) is 4.79 Å². The number of carbonyl (C=O) groups is 3. The van der Waals surface area contributed by atoms with Gasteiger partial charge in [-0.15, -0.1) is 0 Å². The third-order valence-corrected chi connectivity index (χ3v) is 8.49. The molecule has 0 bridgehead atoms. The third-order valence-electron chi connectivity index (χ3n) is 8.49. The van der Waals surface area contributed by atoms with E-state index in [0.29, 0.717) is 45.1 Å². The lowest BCUT2D eigenvalue weighted by atomic mass is 9.85. The molecular weight excluding hydrogens is 478 g/mol. The minimum absolute atomic E-state index is 0.0202. The van der Waals surface area contributed by atoms with Crippen LogP contribution in [0.25, 0.3) is 0 Å². The van der Waals surface area contributed by atoms with Gasteiger partial charge in [0.25, 0.3) is 5.91 Å². The van der Waals surface area contributed by atoms with Crippen molar-refractivity contribution in [2.24, 2.45) is 5.92 Å². The predicted molar refractivity (Wildman–Crippen MR) is 149 cm³/mol. The molecule has 0 atom stereocenters. The molecule has 8 heteroatoms. The largest absolute Gasteiger partial charge is 0.354 e. The molecule has 3 fully saturated rings. The molecule has 0 aromatic heterocycles. The predicted octanol–water partition coefficient (Wildman–Crippen LogP) is 4.36. The van der Waals surface area contributed by atoms with E-state index < -0.39 is 5.54 Å². The maximum Gasteiger partial charge on any atom is 0.321 e. The first-order valence-electron chi connectivity index (χ1n) is 14.0. The Labute approximate surface area is 225 Å². The van der Waals surface area contributed by atoms with Gasteiger partial charge in [-0.05, 0) is 62.3 Å². The van der Waals surface area contributed by atoms with E-state index in [0.717, 1.165) is 16.9 Å². The Balaban J connectivity index is 1.25. The first-order valence-corrected chi connectivity index (χ1v) is 14.0. The molecule has 8 nitrogen and oxygen atoms in total. The summed E-state index contributed by atoms with van der Waals surface area (Å²) < 4.78 is 0. The second kappa shape index (κ2) is 11.5. The van der Waals surface area contributed by atoms with Gasteiger partial charge in [0, 0.05) is 31.0 Å². The number of nitrogens with one attached hydrogen (secondary N) is 2. The maximum atomic E-state index is 13.9. The summed E-state index contributed by atoms with van der Waals surface area (Å²) in [4.78, 5) is 45.4. The molecule has 5 rings (SSSR count). The summed E-state index contributed by atoms with van der Waals surface area (Å²) in [5, 5.41) is 6.10. The second-order valence-corrected chi connectivity index (χ2v) is 11.0. The summed E-state index contributed by atoms with van der Waals surface area (Å²) in [7, 11) is 0. The number of nitrogens with zero attached hydrogens (tertiary/aromatic N) is 3. The summed E-state index contributed by atoms with van der Waals surface area (Å²) >= 11 is 0. The van der Waals surface area contributed by atoms with Crippen molar-refractivity contribution in [3.05, 3.63) is 60.2 Å². The first-order chi connectivity index (χ1) is 18.5. The van der Waals surface area contributed by atoms with Crippen LogP contribution in [0.5, 0.6) is 0 Å². The van der Waals surface area contributed by atoms with Crippen molar-refractivity contribution in [2.75, 3.05) is 43.1 Å². The number of hydrogen-bond acceptors (Lipinski definition) is 4. The topological polar surface area (TPSA) is 85.0 Å². The van der Waals surface area contributed by atoms with Crippen molar-refractivity contribution in [2.45, 2.75) is 57.4 Å². The van der Waals surface area contributed by atoms with Crippen molar-refractivity contribution < 1.29 is 14.4 Å². The van der Waals surface area contributed by atoms with E-state index in [1.54, 1.807) is 9.80 Å². The highest BCUT2D eigenvalue weighted by Crippen LogP contribution is 2.39. The van der Waals surface area contributed by atoms with Crippen LogP contribution in [0.15, 0.2) is 54.6 Å². The zero-order chi connectivity index (χ0) is 26.5. The molecule has 2 N–H and O–H groups in total. The fraction of sp³-hybridized carbons (Fsp3) is 0.500. The normalized spacial score (nSPS) is 19.6. The minimum Gasteiger partial charge on any atom is -0.354 e. The van der Waals surface area contributed by atoms with Crippen LogP contribution in [0.1, 0.15) is 50.5 Å². The Bertz CT molecular complexity index is 1140. The summed E-state index contributed by atoms with van der Waals surface area (Å²) in [6, 6.07) is 17.5. The van der Waals surface area contributed by atoms with Gasteiger partial charge in [0.1, 0.15) is 12.1 Å². The number of likely N-dealkylation sites (tertiary alicyclic amines) is 1. The molecule has 2 heterocycles. The van der Waals surface area contributed by atoms with Crippen molar-refractivity contribution in [1.82, 2.24) is 15.1 Å². The molecule has 0 unspecified atom stereocenters. The first kappa shape index (κ1) is 26.1. The highest BCUT2D eigenvalue weighted by atomic mass is 16.2. The van der Waals surface area contributed by atoms with E-state index in [1.807, 2.05) is 61.5 Å². The summed E-state index contributed by atoms with van der Waals surface area (Å²) in [5.41, 5.74) is 2.01. The summed E-state index contributed by atoms with van der Waals surface area (Å²) in [5.74, 6) is 0.432. The van der Waals surface area contributed by atoms with Crippen molar-refractivity contribution in [1.29, 1.82) is 0 Å². The number of para-hydroxylation sites is 2. The standard InChI is InChI=1S/C30H39N5O3/c1-23-10-8-9-15-26(23)32-29(38)33-18-16-30(17-19-33)28(37)34(22-35(30)25-13-6-3-7-14-25)21-27(36)31-20-24-11-4-2-5-12-24/h3,6-10,13-15,24H,2,4-5,11-12,16-22H2,1H3,(H,31,36)(H,32,38). The zero-order valence-electron chi connectivity index (χ0n) is 22.3. The number of carbonyl (C=O) groups excluding carboxylic acids is 3. The van der Waals surface area contributed by atoms with Gasteiger partial charge in [-0.1, -0.05) is 55.7 Å². The Morgan fingerprint density at radius 1 is 0.947 bits per heavy atom. The Morgan fingerprint density at radius 2 is 1.63 bits per heavy atom. The molecule has 1 spiro atoms. The van der Waals surface area contributed by atoms with E-state index >= 15 is 0 Å². The molecule has 1 saturated carbocycles. The van der Waals surface area contributed by atoms with Crippen LogP contribution < -0.4 is 15.5 Å². The average molecular weight is 518 g/mol. The van der Waals surface area contributed by atoms with Crippen LogP contribution in [0, 0.1) is 12.8 Å². The van der Waals surface area contributed by atoms with E-state index in [1.165, 1.54) is 32.1 Å². The van der Waals surface area contributed by atoms with Crippen LogP contribution in [0.3, 0.4) is 0 Å². The smallest absolute Gasteiger partial charge is 0.321 e. The van der Waals surface area contributed by atoms with Crippen molar-refractivity contribution >= 4 is 29.2 Å². The van der Waals surface area contributed by atoms with E-state index in [4.69, 9.17) is 0 Å². The second-order valence-electron chi connectivity index (χ2n) is 11.0. The molecule has 3 aliphatic rings. The van der Waals surface area contributed by atoms with Crippen molar-refractivity contribution in [3.63, 3.8) is 0 Å². The fourth-order valence-corrected chi connectivity index (χ4v) is 6.19. The van der Waals surface area contributed by atoms with Gasteiger partial charge >= 0.3 is 6.03 Å². The molecule has 2 aromatic carbocycles. The van der Waals surface area contributed by atoms with Crippen LogP contribution in [-0.2, 0) is 9.59 Å². The molecule has 2 aliphatic heterocycles. The van der Waals surface area contributed by atoms with Gasteiger partial charge in [0.15, 0.2) is 0 Å². The monoisotopic (exact) mass is 517 g/mol. The van der Waals surface area contributed by atoms with Gasteiger partial charge in [-0.2, -0.15) is 0 Å². The van der Waals surface area contributed by atoms with Crippen LogP contribution in [-0.4, -0.2) is 66.0 Å². The summed E-state index contributed by atoms with van der Waals surface area (Å²) in [6.45, 7) is 4.03. The van der Waals surface area contributed by atoms with Crippen LogP contribution in [0.4, 0.5) is 16.2 Å². The zero-order valence-corrected chi connectivity index (χ0v) is 22.3. The SMILES string of the molecule is Cc1ccccc1NC(=O)N1CCC2(CC1)C(=O)N(CC(=O)NCC1CCCCC1)CN2c1ccccc1. The molecule has 38 heavy (non-hydrogen) atoms. The maximum absolute atomic E-state index is 13.9. The lowest BCUT2D eigenvalue weighted by molar-refractivity contribution is -0.137. The highest BCUT2D eigenvalue weighted by Gasteiger charge is 2.54. The fourth-order valence-electron chi connectivity index (χ4n) is 6.19. The van der Waals surface area contributed by atoms with E-state index in [2.05, 4.69) is 15.5 Å². The Morgan fingerprint density at radius 3 is 2.34 bits per heavy atom. The number of piperidine rings is 1. The van der Waals surface area contributed by atoms with Crippen molar-refractivity contribution in [3.8, 4) is 0 Å². The molecule has 2 aromatic rings. The lowest BCUT2D eigenvalue weighted by Gasteiger charge is -2.43. The molecule has 1 aliphatic carbocycles. The number of benzene rings is 2. The Hall–Kier alpha value is -3.55. The summed E-state index contributed by atoms with van der Waals surface area (Å²) in [6.07, 6.45) is 7.13. The quantitative estimate of drug-likeness (QED) is 0.596. The Kier molecular flexibility index (Phi) is 7.86. The van der Waals surface area contributed by atoms with E-state index in [-0.39, 0.29) is 24.4 Å². The number of rotatable bonds is 6. The number of aryl methyl sites for hydroxylation is 1. The van der Waals surface area contributed by atoms with Gasteiger partial charge < -0.3 is 25.3 Å².